The molecule has 8 atom stereocenters. The maximum Gasteiger partial charge on any atom is 0.325 e. The van der Waals surface area contributed by atoms with Gasteiger partial charge in [0, 0.05) is 28.7 Å². The van der Waals surface area contributed by atoms with Crippen LogP contribution >= 0.6 is 0 Å². The largest absolute Gasteiger partial charge is 0.456 e. The first-order valence-corrected chi connectivity index (χ1v) is 15.1. The van der Waals surface area contributed by atoms with Crippen LogP contribution in [0.5, 0.6) is 0 Å². The SMILES string of the molecule is C[C@]12C=CC(=O)CC1=CC[C@H]1[C@@H]3C[C@@H](O)[C@](O)(C(=O)COC(=O)CNC(=O)c4cccc(CCO[N+](=O)[O-])c4)[C@@]3(C)C[C@H](O)[C@@]12F. The molecule has 13 nitrogen and oxygen atoms in total. The summed E-state index contributed by atoms with van der Waals surface area (Å²) >= 11 is 0. The lowest BCUT2D eigenvalue weighted by molar-refractivity contribution is -0.757. The zero-order chi connectivity index (χ0) is 33.7. The first-order valence-electron chi connectivity index (χ1n) is 15.1. The zero-order valence-corrected chi connectivity index (χ0v) is 25.4. The molecule has 4 aliphatic carbocycles. The number of nitrogens with one attached hydrogen (secondary N) is 1. The number of Topliss-reactive ketones (excluding diaryl/α,β-unsaturated/α-hetero) is 1. The smallest absolute Gasteiger partial charge is 0.325 e. The Morgan fingerprint density at radius 3 is 2.63 bits per heavy atom. The van der Waals surface area contributed by atoms with E-state index >= 15 is 4.39 Å². The molecule has 0 spiro atoms. The highest BCUT2D eigenvalue weighted by atomic mass is 19.1. The van der Waals surface area contributed by atoms with E-state index in [0.29, 0.717) is 11.1 Å². The normalized spacial score (nSPS) is 36.0. The van der Waals surface area contributed by atoms with Crippen molar-refractivity contribution >= 4 is 23.4 Å². The van der Waals surface area contributed by atoms with Crippen molar-refractivity contribution in [2.24, 2.45) is 22.7 Å². The lowest BCUT2D eigenvalue weighted by Gasteiger charge is -2.61. The van der Waals surface area contributed by atoms with Crippen LogP contribution in [0.2, 0.25) is 0 Å². The van der Waals surface area contributed by atoms with Crippen LogP contribution in [-0.4, -0.2) is 87.1 Å². The van der Waals surface area contributed by atoms with E-state index < -0.39 is 82.0 Å². The van der Waals surface area contributed by atoms with Crippen LogP contribution in [0.25, 0.3) is 0 Å². The van der Waals surface area contributed by atoms with E-state index in [0.717, 1.165) is 0 Å². The summed E-state index contributed by atoms with van der Waals surface area (Å²) in [5.74, 6) is -4.46. The second-order valence-electron chi connectivity index (χ2n) is 13.1. The van der Waals surface area contributed by atoms with Gasteiger partial charge in [-0.2, -0.15) is 0 Å². The Labute approximate surface area is 263 Å². The van der Waals surface area contributed by atoms with Crippen LogP contribution in [0.15, 0.2) is 48.1 Å². The second kappa shape index (κ2) is 12.0. The standard InChI is InChI=1S/C32H37FN2O11/c1-29-10-8-21(36)13-20(29)6-7-22-23-14-24(37)32(42,30(23,2)15-25(38)31(22,29)33)26(39)17-45-27(40)16-34-28(41)19-5-3-4-18(12-19)9-11-46-35(43)44/h3-6,8,10,12,22-25,37-38,42H,7,9,11,13-17H2,1-2H3,(H,34,41)/t22-,23-,24+,25-,29-,30-,31-,32-/m0/s1. The molecule has 4 N–H and O–H groups in total. The average molecular weight is 645 g/mol. The van der Waals surface area contributed by atoms with E-state index in [1.54, 1.807) is 25.1 Å². The molecular weight excluding hydrogens is 607 g/mol. The van der Waals surface area contributed by atoms with Gasteiger partial charge in [0.05, 0.1) is 12.2 Å². The van der Waals surface area contributed by atoms with Crippen molar-refractivity contribution < 1.29 is 53.5 Å². The fraction of sp³-hybridized carbons (Fsp3) is 0.562. The van der Waals surface area contributed by atoms with Crippen LogP contribution in [0.1, 0.15) is 55.5 Å². The highest BCUT2D eigenvalue weighted by Crippen LogP contribution is 2.69. The maximum atomic E-state index is 17.2. The number of esters is 1. The molecule has 0 radical (unpaired) electrons. The van der Waals surface area contributed by atoms with Gasteiger partial charge in [-0.15, -0.1) is 10.1 Å². The van der Waals surface area contributed by atoms with Crippen molar-refractivity contribution in [1.29, 1.82) is 0 Å². The summed E-state index contributed by atoms with van der Waals surface area (Å²) in [6.07, 6.45) is 1.14. The molecule has 1 amide bonds. The quantitative estimate of drug-likeness (QED) is 0.124. The minimum atomic E-state index is -2.47. The minimum Gasteiger partial charge on any atom is -0.456 e. The van der Waals surface area contributed by atoms with Crippen molar-refractivity contribution in [2.45, 2.75) is 69.4 Å². The molecule has 4 aliphatic rings. The summed E-state index contributed by atoms with van der Waals surface area (Å²) in [4.78, 5) is 65.1. The van der Waals surface area contributed by atoms with E-state index in [4.69, 9.17) is 4.74 Å². The van der Waals surface area contributed by atoms with Gasteiger partial charge in [-0.1, -0.05) is 36.8 Å². The Hall–Kier alpha value is -4.01. The molecule has 1 aromatic carbocycles. The Balaban J connectivity index is 1.23. The van der Waals surface area contributed by atoms with Gasteiger partial charge in [-0.25, -0.2) is 4.39 Å². The predicted molar refractivity (Wildman–Crippen MR) is 156 cm³/mol. The fourth-order valence-electron chi connectivity index (χ4n) is 8.30. The van der Waals surface area contributed by atoms with Gasteiger partial charge in [-0.05, 0) is 62.3 Å². The molecule has 46 heavy (non-hydrogen) atoms. The molecule has 1 aromatic rings. The zero-order valence-electron chi connectivity index (χ0n) is 25.4. The van der Waals surface area contributed by atoms with E-state index in [2.05, 4.69) is 10.2 Å². The Morgan fingerprint density at radius 1 is 1.17 bits per heavy atom. The summed E-state index contributed by atoms with van der Waals surface area (Å²) in [7, 11) is 0. The Kier molecular flexibility index (Phi) is 8.68. The molecule has 5 rings (SSSR count). The number of alkyl halides is 1. The molecule has 0 aliphatic heterocycles. The van der Waals surface area contributed by atoms with Gasteiger partial charge in [-0.3, -0.25) is 19.2 Å². The number of hydrogen-bond acceptors (Lipinski definition) is 11. The van der Waals surface area contributed by atoms with E-state index in [1.807, 2.05) is 0 Å². The minimum absolute atomic E-state index is 0.0325. The van der Waals surface area contributed by atoms with Crippen molar-refractivity contribution in [3.05, 3.63) is 69.3 Å². The Bertz CT molecular complexity index is 1530. The molecular formula is C32H37FN2O11. The highest BCUT2D eigenvalue weighted by molar-refractivity contribution is 5.97. The summed E-state index contributed by atoms with van der Waals surface area (Å²) in [5.41, 5.74) is -6.13. The van der Waals surface area contributed by atoms with Gasteiger partial charge in [0.1, 0.15) is 13.2 Å². The predicted octanol–water partition coefficient (Wildman–Crippen LogP) is 1.35. The van der Waals surface area contributed by atoms with Gasteiger partial charge >= 0.3 is 5.97 Å². The first kappa shape index (κ1) is 33.4. The third-order valence-electron chi connectivity index (χ3n) is 10.8. The third kappa shape index (κ3) is 5.21. The van der Waals surface area contributed by atoms with Crippen molar-refractivity contribution in [1.82, 2.24) is 5.32 Å². The summed E-state index contributed by atoms with van der Waals surface area (Å²) in [6, 6.07) is 6.14. The molecule has 2 fully saturated rings. The molecule has 2 saturated carbocycles. The molecule has 14 heteroatoms. The number of carbonyl (C=O) groups is 4. The summed E-state index contributed by atoms with van der Waals surface area (Å²) < 4.78 is 22.3. The van der Waals surface area contributed by atoms with Crippen molar-refractivity contribution in [3.8, 4) is 0 Å². The fourth-order valence-corrected chi connectivity index (χ4v) is 8.30. The molecule has 248 valence electrons. The topological polar surface area (TPSA) is 203 Å². The number of fused-ring (bicyclic) bond motifs is 5. The lowest BCUT2D eigenvalue weighted by Crippen LogP contribution is -2.69. The molecule has 0 unspecified atom stereocenters. The van der Waals surface area contributed by atoms with Crippen LogP contribution in [0.4, 0.5) is 4.39 Å². The number of aliphatic hydroxyl groups is 3. The summed E-state index contributed by atoms with van der Waals surface area (Å²) in [5, 5.41) is 46.0. The van der Waals surface area contributed by atoms with Gasteiger partial charge in [0.15, 0.2) is 23.7 Å². The second-order valence-corrected chi connectivity index (χ2v) is 13.1. The number of benzene rings is 1. The van der Waals surface area contributed by atoms with Gasteiger partial charge in [0.2, 0.25) is 5.78 Å². The number of allylic oxidation sites excluding steroid dienone is 4. The van der Waals surface area contributed by atoms with Crippen molar-refractivity contribution in [2.75, 3.05) is 19.8 Å². The number of ether oxygens (including phenoxy) is 1. The van der Waals surface area contributed by atoms with E-state index in [9.17, 15) is 44.6 Å². The summed E-state index contributed by atoms with van der Waals surface area (Å²) in [6.45, 7) is 1.38. The highest BCUT2D eigenvalue weighted by Gasteiger charge is 2.76. The molecule has 0 saturated heterocycles. The van der Waals surface area contributed by atoms with Crippen molar-refractivity contribution in [3.63, 3.8) is 0 Å². The number of halogens is 1. The maximum absolute atomic E-state index is 17.2. The number of carbonyl (C=O) groups excluding carboxylic acids is 4. The number of rotatable bonds is 10. The number of hydrogen-bond donors (Lipinski definition) is 4. The average Bonchev–Trinajstić information content (AvgIpc) is 3.21. The first-order chi connectivity index (χ1) is 21.6. The molecule has 0 bridgehead atoms. The molecule has 0 heterocycles. The van der Waals surface area contributed by atoms with Crippen LogP contribution in [-0.2, 0) is 30.4 Å². The number of amides is 1. The monoisotopic (exact) mass is 644 g/mol. The van der Waals surface area contributed by atoms with Crippen LogP contribution < -0.4 is 5.32 Å². The van der Waals surface area contributed by atoms with Crippen LogP contribution in [0, 0.1) is 32.8 Å². The van der Waals surface area contributed by atoms with Crippen LogP contribution in [0.3, 0.4) is 0 Å². The number of ketones is 2. The van der Waals surface area contributed by atoms with Gasteiger partial charge < -0.3 is 30.2 Å². The van der Waals surface area contributed by atoms with E-state index in [1.165, 1.54) is 31.2 Å². The number of aliphatic hydroxyl groups excluding tert-OH is 2. The third-order valence-corrected chi connectivity index (χ3v) is 10.8. The molecule has 0 aromatic heterocycles. The van der Waals surface area contributed by atoms with E-state index in [-0.39, 0.29) is 50.1 Å². The number of nitrogens with zero attached hydrogens (tertiary/aromatic N) is 1. The Morgan fingerprint density at radius 2 is 1.91 bits per heavy atom. The lowest BCUT2D eigenvalue weighted by atomic mass is 9.45. The van der Waals surface area contributed by atoms with Gasteiger partial charge in [0.25, 0.3) is 11.0 Å².